The Labute approximate surface area is 132 Å². The quantitative estimate of drug-likeness (QED) is 0.900. The normalized spacial score (nSPS) is 12.0. The number of halogens is 2. The van der Waals surface area contributed by atoms with Crippen molar-refractivity contribution in [1.29, 1.82) is 0 Å². The van der Waals surface area contributed by atoms with Crippen LogP contribution in [0, 0.1) is 0 Å². The Hall–Kier alpha value is -1.05. The monoisotopic (exact) mass is 349 g/mol. The second kappa shape index (κ2) is 6.37. The van der Waals surface area contributed by atoms with Crippen molar-refractivity contribution in [2.45, 2.75) is 18.0 Å². The molecule has 0 saturated heterocycles. The van der Waals surface area contributed by atoms with Gasteiger partial charge in [0.2, 0.25) is 10.0 Å². The molecule has 114 valence electrons. The highest BCUT2D eigenvalue weighted by Crippen LogP contribution is 2.31. The molecule has 0 aliphatic carbocycles. The molecule has 0 aliphatic heterocycles. The van der Waals surface area contributed by atoms with Crippen LogP contribution in [0.3, 0.4) is 0 Å². The van der Waals surface area contributed by atoms with Crippen LogP contribution in [-0.2, 0) is 23.2 Å². The smallest absolute Gasteiger partial charge is 0.244 e. The second-order valence-electron chi connectivity index (χ2n) is 4.43. The van der Waals surface area contributed by atoms with Crippen LogP contribution in [0.4, 0.5) is 0 Å². The highest BCUT2D eigenvalue weighted by atomic mass is 35.5. The van der Waals surface area contributed by atoms with Gasteiger partial charge in [-0.15, -0.1) is 0 Å². The van der Waals surface area contributed by atoms with Gasteiger partial charge in [-0.2, -0.15) is 4.31 Å². The molecule has 8 heteroatoms. The standard InChI is InChI=1S/C13H13Cl2NO4S/c1-16(6-9-2-3-20-8-9)21(18,19)12-5-11(14)4-10(7-17)13(12)15/h2-5,8,17H,6-7H2,1H3. The van der Waals surface area contributed by atoms with E-state index in [2.05, 4.69) is 0 Å². The molecule has 0 bridgehead atoms. The highest BCUT2D eigenvalue weighted by Gasteiger charge is 2.26. The van der Waals surface area contributed by atoms with Crippen LogP contribution in [0.1, 0.15) is 11.1 Å². The molecule has 2 rings (SSSR count). The molecular formula is C13H13Cl2NO4S. The summed E-state index contributed by atoms with van der Waals surface area (Å²) in [5.41, 5.74) is 0.973. The summed E-state index contributed by atoms with van der Waals surface area (Å²) in [5, 5.41) is 9.38. The molecule has 1 heterocycles. The number of hydrogen-bond acceptors (Lipinski definition) is 4. The lowest BCUT2D eigenvalue weighted by atomic mass is 10.2. The van der Waals surface area contributed by atoms with Gasteiger partial charge in [-0.3, -0.25) is 0 Å². The third-order valence-corrected chi connectivity index (χ3v) is 5.53. The number of benzene rings is 1. The Balaban J connectivity index is 2.41. The average Bonchev–Trinajstić information content (AvgIpc) is 2.93. The summed E-state index contributed by atoms with van der Waals surface area (Å²) < 4.78 is 31.2. The van der Waals surface area contributed by atoms with Gasteiger partial charge in [0, 0.05) is 24.2 Å². The SMILES string of the molecule is CN(Cc1ccoc1)S(=O)(=O)c1cc(Cl)cc(CO)c1Cl. The number of hydrogen-bond donors (Lipinski definition) is 1. The predicted octanol–water partition coefficient (Wildman–Crippen LogP) is 2.90. The van der Waals surface area contributed by atoms with E-state index in [1.807, 2.05) is 0 Å². The lowest BCUT2D eigenvalue weighted by Gasteiger charge is -2.18. The Kier molecular flexibility index (Phi) is 4.95. The third-order valence-electron chi connectivity index (χ3n) is 2.92. The van der Waals surface area contributed by atoms with Crippen LogP contribution < -0.4 is 0 Å². The highest BCUT2D eigenvalue weighted by molar-refractivity contribution is 7.89. The van der Waals surface area contributed by atoms with E-state index in [9.17, 15) is 13.5 Å². The van der Waals surface area contributed by atoms with Gasteiger partial charge in [-0.05, 0) is 23.8 Å². The van der Waals surface area contributed by atoms with Crippen molar-refractivity contribution in [3.05, 3.63) is 51.9 Å². The molecule has 0 radical (unpaired) electrons. The van der Waals surface area contributed by atoms with E-state index in [1.165, 1.54) is 31.7 Å². The van der Waals surface area contributed by atoms with E-state index >= 15 is 0 Å². The maximum atomic E-state index is 12.6. The lowest BCUT2D eigenvalue weighted by molar-refractivity contribution is 0.281. The number of aliphatic hydroxyl groups excluding tert-OH is 1. The van der Waals surface area contributed by atoms with Crippen LogP contribution in [0.15, 0.2) is 40.0 Å². The molecule has 0 amide bonds. The first-order valence-electron chi connectivity index (χ1n) is 5.92. The predicted molar refractivity (Wildman–Crippen MR) is 79.7 cm³/mol. The summed E-state index contributed by atoms with van der Waals surface area (Å²) in [4.78, 5) is -0.133. The van der Waals surface area contributed by atoms with E-state index in [0.29, 0.717) is 5.56 Å². The Morgan fingerprint density at radius 2 is 2.05 bits per heavy atom. The summed E-state index contributed by atoms with van der Waals surface area (Å²) >= 11 is 11.9. The number of furan rings is 1. The molecule has 0 fully saturated rings. The van der Waals surface area contributed by atoms with E-state index in [-0.39, 0.29) is 27.0 Å². The molecule has 0 aliphatic rings. The zero-order valence-electron chi connectivity index (χ0n) is 11.1. The molecule has 2 aromatic rings. The molecule has 5 nitrogen and oxygen atoms in total. The Bertz CT molecular complexity index is 729. The first-order chi connectivity index (χ1) is 9.86. The molecule has 1 N–H and O–H groups in total. The Morgan fingerprint density at radius 1 is 1.33 bits per heavy atom. The molecule has 1 aromatic heterocycles. The number of rotatable bonds is 5. The van der Waals surface area contributed by atoms with Gasteiger partial charge in [0.15, 0.2) is 0 Å². The summed E-state index contributed by atoms with van der Waals surface area (Å²) in [7, 11) is -2.41. The zero-order valence-corrected chi connectivity index (χ0v) is 13.4. The molecule has 0 saturated carbocycles. The molecule has 0 spiro atoms. The van der Waals surface area contributed by atoms with Gasteiger partial charge in [0.25, 0.3) is 0 Å². The molecule has 0 unspecified atom stereocenters. The maximum absolute atomic E-state index is 12.6. The van der Waals surface area contributed by atoms with E-state index in [0.717, 1.165) is 4.31 Å². The van der Waals surface area contributed by atoms with Crippen LogP contribution in [0.5, 0.6) is 0 Å². The van der Waals surface area contributed by atoms with Crippen LogP contribution >= 0.6 is 23.2 Å². The minimum absolute atomic E-state index is 0.0269. The van der Waals surface area contributed by atoms with Crippen molar-refractivity contribution >= 4 is 33.2 Å². The van der Waals surface area contributed by atoms with Gasteiger partial charge >= 0.3 is 0 Å². The summed E-state index contributed by atoms with van der Waals surface area (Å²) in [6.07, 6.45) is 2.93. The van der Waals surface area contributed by atoms with E-state index < -0.39 is 16.6 Å². The van der Waals surface area contributed by atoms with Crippen molar-refractivity contribution in [3.8, 4) is 0 Å². The second-order valence-corrected chi connectivity index (χ2v) is 7.26. The minimum Gasteiger partial charge on any atom is -0.472 e. The van der Waals surface area contributed by atoms with Crippen molar-refractivity contribution in [3.63, 3.8) is 0 Å². The van der Waals surface area contributed by atoms with Gasteiger partial charge in [-0.25, -0.2) is 8.42 Å². The minimum atomic E-state index is -3.84. The molecule has 0 atom stereocenters. The molecule has 21 heavy (non-hydrogen) atoms. The first-order valence-corrected chi connectivity index (χ1v) is 8.12. The number of nitrogens with zero attached hydrogens (tertiary/aromatic N) is 1. The Morgan fingerprint density at radius 3 is 2.62 bits per heavy atom. The number of sulfonamides is 1. The van der Waals surface area contributed by atoms with Gasteiger partial charge in [0.05, 0.1) is 24.2 Å². The fraction of sp³-hybridized carbons (Fsp3) is 0.231. The molecule has 1 aromatic carbocycles. The fourth-order valence-electron chi connectivity index (χ4n) is 1.81. The first kappa shape index (κ1) is 16.3. The van der Waals surface area contributed by atoms with E-state index in [1.54, 1.807) is 6.07 Å². The summed E-state index contributed by atoms with van der Waals surface area (Å²) in [5.74, 6) is 0. The van der Waals surface area contributed by atoms with Gasteiger partial charge < -0.3 is 9.52 Å². The molecular weight excluding hydrogens is 337 g/mol. The summed E-state index contributed by atoms with van der Waals surface area (Å²) in [6.45, 7) is -0.260. The van der Waals surface area contributed by atoms with Crippen LogP contribution in [0.25, 0.3) is 0 Å². The van der Waals surface area contributed by atoms with E-state index in [4.69, 9.17) is 27.6 Å². The zero-order chi connectivity index (χ0) is 15.6. The summed E-state index contributed by atoms with van der Waals surface area (Å²) in [6, 6.07) is 4.37. The third kappa shape index (κ3) is 3.41. The number of aliphatic hydroxyl groups is 1. The van der Waals surface area contributed by atoms with Crippen molar-refractivity contribution < 1.29 is 17.9 Å². The largest absolute Gasteiger partial charge is 0.472 e. The van der Waals surface area contributed by atoms with Gasteiger partial charge in [0.1, 0.15) is 4.90 Å². The van der Waals surface area contributed by atoms with Crippen molar-refractivity contribution in [2.75, 3.05) is 7.05 Å². The maximum Gasteiger partial charge on any atom is 0.244 e. The van der Waals surface area contributed by atoms with Gasteiger partial charge in [-0.1, -0.05) is 23.2 Å². The van der Waals surface area contributed by atoms with Crippen molar-refractivity contribution in [2.24, 2.45) is 0 Å². The average molecular weight is 350 g/mol. The van der Waals surface area contributed by atoms with Crippen LogP contribution in [-0.4, -0.2) is 24.9 Å². The van der Waals surface area contributed by atoms with Crippen LogP contribution in [0.2, 0.25) is 10.0 Å². The fourth-order valence-corrected chi connectivity index (χ4v) is 3.87. The lowest BCUT2D eigenvalue weighted by Crippen LogP contribution is -2.26. The van der Waals surface area contributed by atoms with Crippen molar-refractivity contribution in [1.82, 2.24) is 4.31 Å². The topological polar surface area (TPSA) is 70.8 Å².